The minimum atomic E-state index is 0.0129. The van der Waals surface area contributed by atoms with Crippen LogP contribution in [0.15, 0.2) is 18.2 Å². The van der Waals surface area contributed by atoms with Gasteiger partial charge in [-0.2, -0.15) is 0 Å². The fraction of sp³-hybridized carbons (Fsp3) is 0.632. The highest BCUT2D eigenvalue weighted by molar-refractivity contribution is 8.00. The second-order valence-corrected chi connectivity index (χ2v) is 7.68. The van der Waals surface area contributed by atoms with Crippen LogP contribution >= 0.6 is 11.8 Å². The standard InChI is InChI=1S/C19H28N2O3S/c1-23-15-7-8-17(24-2)16(13-15)19-21(18(22)14-25-19)12-6-11-20-9-4-3-5-10-20/h7-8,13,19H,3-6,9-12,14H2,1-2H3. The van der Waals surface area contributed by atoms with E-state index in [9.17, 15) is 4.79 Å². The van der Waals surface area contributed by atoms with Gasteiger partial charge in [-0.3, -0.25) is 4.79 Å². The molecule has 1 unspecified atom stereocenters. The Balaban J connectivity index is 1.66. The number of carbonyl (C=O) groups excluding carboxylic acids is 1. The van der Waals surface area contributed by atoms with Crippen molar-refractivity contribution in [1.29, 1.82) is 0 Å². The fourth-order valence-corrected chi connectivity index (χ4v) is 4.87. The van der Waals surface area contributed by atoms with Crippen LogP contribution in [-0.2, 0) is 4.79 Å². The Labute approximate surface area is 154 Å². The summed E-state index contributed by atoms with van der Waals surface area (Å²) in [6.45, 7) is 4.29. The number of benzene rings is 1. The summed E-state index contributed by atoms with van der Waals surface area (Å²) in [5.41, 5.74) is 1.02. The van der Waals surface area contributed by atoms with Gasteiger partial charge in [0.2, 0.25) is 5.91 Å². The van der Waals surface area contributed by atoms with Crippen molar-refractivity contribution in [3.05, 3.63) is 23.8 Å². The van der Waals surface area contributed by atoms with Crippen LogP contribution in [-0.4, -0.2) is 61.9 Å². The molecule has 1 amide bonds. The van der Waals surface area contributed by atoms with E-state index in [4.69, 9.17) is 9.47 Å². The monoisotopic (exact) mass is 364 g/mol. The number of nitrogens with zero attached hydrogens (tertiary/aromatic N) is 2. The minimum absolute atomic E-state index is 0.0129. The molecule has 2 aliphatic heterocycles. The summed E-state index contributed by atoms with van der Waals surface area (Å²) in [6, 6.07) is 5.81. The van der Waals surface area contributed by atoms with Crippen molar-refractivity contribution < 1.29 is 14.3 Å². The van der Waals surface area contributed by atoms with Crippen LogP contribution in [0, 0.1) is 0 Å². The molecule has 0 N–H and O–H groups in total. The Morgan fingerprint density at radius 1 is 1.12 bits per heavy atom. The van der Waals surface area contributed by atoms with E-state index in [1.54, 1.807) is 26.0 Å². The first kappa shape index (κ1) is 18.4. The van der Waals surface area contributed by atoms with E-state index in [1.807, 2.05) is 23.1 Å². The number of rotatable bonds is 7. The van der Waals surface area contributed by atoms with Crippen LogP contribution in [0.25, 0.3) is 0 Å². The molecule has 0 bridgehead atoms. The van der Waals surface area contributed by atoms with E-state index in [0.717, 1.165) is 36.6 Å². The molecule has 3 rings (SSSR count). The lowest BCUT2D eigenvalue weighted by Gasteiger charge is -2.29. The maximum absolute atomic E-state index is 12.4. The molecule has 2 saturated heterocycles. The van der Waals surface area contributed by atoms with Gasteiger partial charge < -0.3 is 19.3 Å². The maximum atomic E-state index is 12.4. The second-order valence-electron chi connectivity index (χ2n) is 6.61. The van der Waals surface area contributed by atoms with Gasteiger partial charge in [0.15, 0.2) is 0 Å². The first-order chi connectivity index (χ1) is 12.2. The number of carbonyl (C=O) groups is 1. The van der Waals surface area contributed by atoms with Crippen LogP contribution in [0.3, 0.4) is 0 Å². The number of hydrogen-bond acceptors (Lipinski definition) is 5. The largest absolute Gasteiger partial charge is 0.497 e. The second kappa shape index (κ2) is 8.81. The van der Waals surface area contributed by atoms with Crippen molar-refractivity contribution in [3.63, 3.8) is 0 Å². The maximum Gasteiger partial charge on any atom is 0.233 e. The van der Waals surface area contributed by atoms with E-state index in [1.165, 1.54) is 32.4 Å². The van der Waals surface area contributed by atoms with Gasteiger partial charge >= 0.3 is 0 Å². The molecule has 0 spiro atoms. The van der Waals surface area contributed by atoms with Crippen molar-refractivity contribution >= 4 is 17.7 Å². The zero-order valence-electron chi connectivity index (χ0n) is 15.2. The lowest BCUT2D eigenvalue weighted by molar-refractivity contribution is -0.128. The number of methoxy groups -OCH3 is 2. The zero-order chi connectivity index (χ0) is 17.6. The summed E-state index contributed by atoms with van der Waals surface area (Å²) in [4.78, 5) is 16.9. The Morgan fingerprint density at radius 2 is 1.92 bits per heavy atom. The van der Waals surface area contributed by atoms with Gasteiger partial charge in [0.1, 0.15) is 16.9 Å². The number of amides is 1. The number of piperidine rings is 1. The van der Waals surface area contributed by atoms with Crippen molar-refractivity contribution in [3.8, 4) is 11.5 Å². The topological polar surface area (TPSA) is 42.0 Å². The molecule has 2 heterocycles. The van der Waals surface area contributed by atoms with Gasteiger partial charge in [-0.05, 0) is 57.1 Å². The molecule has 2 fully saturated rings. The van der Waals surface area contributed by atoms with Crippen LogP contribution in [0.1, 0.15) is 36.6 Å². The summed E-state index contributed by atoms with van der Waals surface area (Å²) in [7, 11) is 3.34. The number of hydrogen-bond donors (Lipinski definition) is 0. The Kier molecular flexibility index (Phi) is 6.48. The molecule has 0 radical (unpaired) electrons. The summed E-state index contributed by atoms with van der Waals surface area (Å²) < 4.78 is 10.9. The van der Waals surface area contributed by atoms with Crippen molar-refractivity contribution in [1.82, 2.24) is 9.80 Å². The SMILES string of the molecule is COc1ccc(OC)c(C2SCC(=O)N2CCCN2CCCCC2)c1. The van der Waals surface area contributed by atoms with Gasteiger partial charge in [-0.1, -0.05) is 6.42 Å². The summed E-state index contributed by atoms with van der Waals surface area (Å²) in [5.74, 6) is 2.37. The molecule has 1 atom stereocenters. The summed E-state index contributed by atoms with van der Waals surface area (Å²) in [5, 5.41) is 0.0129. The van der Waals surface area contributed by atoms with Gasteiger partial charge in [0, 0.05) is 12.1 Å². The molecule has 2 aliphatic rings. The first-order valence-electron chi connectivity index (χ1n) is 9.08. The highest BCUT2D eigenvalue weighted by Gasteiger charge is 2.34. The third-order valence-electron chi connectivity index (χ3n) is 4.99. The quantitative estimate of drug-likeness (QED) is 0.743. The molecular weight excluding hydrogens is 336 g/mol. The van der Waals surface area contributed by atoms with E-state index >= 15 is 0 Å². The number of likely N-dealkylation sites (tertiary alicyclic amines) is 1. The zero-order valence-corrected chi connectivity index (χ0v) is 16.0. The van der Waals surface area contributed by atoms with Crippen molar-refractivity contribution in [2.45, 2.75) is 31.1 Å². The normalized spacial score (nSPS) is 21.6. The highest BCUT2D eigenvalue weighted by Crippen LogP contribution is 2.43. The van der Waals surface area contributed by atoms with Gasteiger partial charge in [-0.25, -0.2) is 0 Å². The smallest absolute Gasteiger partial charge is 0.233 e. The van der Waals surface area contributed by atoms with E-state index in [2.05, 4.69) is 4.90 Å². The van der Waals surface area contributed by atoms with E-state index in [0.29, 0.717) is 5.75 Å². The predicted molar refractivity (Wildman–Crippen MR) is 101 cm³/mol. The average molecular weight is 365 g/mol. The van der Waals surface area contributed by atoms with Crippen molar-refractivity contribution in [2.75, 3.05) is 46.2 Å². The van der Waals surface area contributed by atoms with E-state index < -0.39 is 0 Å². The van der Waals surface area contributed by atoms with Crippen LogP contribution in [0.5, 0.6) is 11.5 Å². The molecule has 0 aliphatic carbocycles. The lowest BCUT2D eigenvalue weighted by Crippen LogP contribution is -2.34. The average Bonchev–Trinajstić information content (AvgIpc) is 3.02. The third kappa shape index (κ3) is 4.42. The fourth-order valence-electron chi connectivity index (χ4n) is 3.63. The first-order valence-corrected chi connectivity index (χ1v) is 10.1. The third-order valence-corrected chi connectivity index (χ3v) is 6.23. The molecule has 25 heavy (non-hydrogen) atoms. The number of ether oxygens (including phenoxy) is 2. The lowest BCUT2D eigenvalue weighted by atomic mass is 10.1. The minimum Gasteiger partial charge on any atom is -0.497 e. The molecule has 1 aromatic rings. The molecule has 5 nitrogen and oxygen atoms in total. The van der Waals surface area contributed by atoms with Crippen molar-refractivity contribution in [2.24, 2.45) is 0 Å². The highest BCUT2D eigenvalue weighted by atomic mass is 32.2. The van der Waals surface area contributed by atoms with Crippen LogP contribution in [0.4, 0.5) is 0 Å². The van der Waals surface area contributed by atoms with Gasteiger partial charge in [0.05, 0.1) is 20.0 Å². The van der Waals surface area contributed by atoms with Crippen LogP contribution in [0.2, 0.25) is 0 Å². The molecular formula is C19H28N2O3S. The summed E-state index contributed by atoms with van der Waals surface area (Å²) >= 11 is 1.67. The Bertz CT molecular complexity index is 590. The Hall–Kier alpha value is -1.40. The Morgan fingerprint density at radius 3 is 2.64 bits per heavy atom. The molecule has 0 saturated carbocycles. The summed E-state index contributed by atoms with van der Waals surface area (Å²) in [6.07, 6.45) is 4.99. The molecule has 1 aromatic carbocycles. The molecule has 0 aromatic heterocycles. The number of thioether (sulfide) groups is 1. The molecule has 138 valence electrons. The van der Waals surface area contributed by atoms with Crippen LogP contribution < -0.4 is 9.47 Å². The molecule has 6 heteroatoms. The van der Waals surface area contributed by atoms with Gasteiger partial charge in [-0.15, -0.1) is 11.8 Å². The van der Waals surface area contributed by atoms with Gasteiger partial charge in [0.25, 0.3) is 0 Å². The predicted octanol–water partition coefficient (Wildman–Crippen LogP) is 3.15. The van der Waals surface area contributed by atoms with E-state index in [-0.39, 0.29) is 11.3 Å².